The van der Waals surface area contributed by atoms with Gasteiger partial charge in [-0.1, -0.05) is 0 Å². The van der Waals surface area contributed by atoms with Crippen molar-refractivity contribution in [2.45, 2.75) is 32.2 Å². The fraction of sp³-hybridized carbons (Fsp3) is 0.385. The zero-order chi connectivity index (χ0) is 18.0. The number of anilines is 1. The topological polar surface area (TPSA) is 58.2 Å². The number of amides is 2. The second-order valence-corrected chi connectivity index (χ2v) is 4.71. The largest absolute Gasteiger partial charge is 0.416 e. The highest BCUT2D eigenvalue weighted by Gasteiger charge is 2.37. The van der Waals surface area contributed by atoms with Gasteiger partial charge in [0.15, 0.2) is 0 Å². The number of carbonyl (C=O) groups excluding carboxylic acids is 2. The Labute approximate surface area is 126 Å². The summed E-state index contributed by atoms with van der Waals surface area (Å²) < 4.78 is 76.0. The standard InChI is InChI=1S/C13H12F6N2O2/c1-6(20-7(2)22)11(23)21-10-4-8(12(14,15)16)3-9(5-10)13(17,18)19/h3-6H,1-2H3,(H,20,22)(H,21,23)/t6-/m0/s1. The van der Waals surface area contributed by atoms with Crippen LogP contribution < -0.4 is 10.6 Å². The summed E-state index contributed by atoms with van der Waals surface area (Å²) in [6.45, 7) is 2.34. The van der Waals surface area contributed by atoms with E-state index in [1.165, 1.54) is 6.92 Å². The Morgan fingerprint density at radius 2 is 1.39 bits per heavy atom. The third kappa shape index (κ3) is 5.46. The normalized spacial score (nSPS) is 13.4. The van der Waals surface area contributed by atoms with E-state index in [9.17, 15) is 35.9 Å². The molecule has 0 unspecified atom stereocenters. The van der Waals surface area contributed by atoms with Gasteiger partial charge in [0.25, 0.3) is 0 Å². The molecular weight excluding hydrogens is 330 g/mol. The molecule has 1 aromatic carbocycles. The van der Waals surface area contributed by atoms with E-state index in [2.05, 4.69) is 5.32 Å². The maximum atomic E-state index is 12.7. The lowest BCUT2D eigenvalue weighted by Gasteiger charge is -2.16. The summed E-state index contributed by atoms with van der Waals surface area (Å²) in [6.07, 6.45) is -10.0. The average Bonchev–Trinajstić information content (AvgIpc) is 2.35. The van der Waals surface area contributed by atoms with Crippen LogP contribution in [0.1, 0.15) is 25.0 Å². The molecule has 0 spiro atoms. The van der Waals surface area contributed by atoms with Gasteiger partial charge in [-0.2, -0.15) is 26.3 Å². The summed E-state index contributed by atoms with van der Waals surface area (Å²) in [5.74, 6) is -1.53. The highest BCUT2D eigenvalue weighted by atomic mass is 19.4. The molecule has 2 N–H and O–H groups in total. The van der Waals surface area contributed by atoms with Crippen molar-refractivity contribution in [2.75, 3.05) is 5.32 Å². The van der Waals surface area contributed by atoms with Crippen LogP contribution in [-0.2, 0) is 21.9 Å². The second kappa shape index (κ2) is 6.47. The Kier molecular flexibility index (Phi) is 5.28. The minimum atomic E-state index is -5.01. The molecule has 1 rings (SSSR count). The number of benzene rings is 1. The molecule has 0 saturated heterocycles. The van der Waals surface area contributed by atoms with Crippen LogP contribution in [-0.4, -0.2) is 17.9 Å². The molecule has 0 fully saturated rings. The van der Waals surface area contributed by atoms with Gasteiger partial charge in [-0.15, -0.1) is 0 Å². The summed E-state index contributed by atoms with van der Waals surface area (Å²) in [7, 11) is 0. The smallest absolute Gasteiger partial charge is 0.345 e. The van der Waals surface area contributed by atoms with E-state index >= 15 is 0 Å². The molecule has 0 radical (unpaired) electrons. The van der Waals surface area contributed by atoms with E-state index in [0.29, 0.717) is 12.1 Å². The molecule has 10 heteroatoms. The molecule has 0 saturated carbocycles. The van der Waals surface area contributed by atoms with Crippen molar-refractivity contribution in [2.24, 2.45) is 0 Å². The monoisotopic (exact) mass is 342 g/mol. The number of hydrogen-bond acceptors (Lipinski definition) is 2. The fourth-order valence-electron chi connectivity index (χ4n) is 1.65. The minimum Gasteiger partial charge on any atom is -0.345 e. The molecule has 0 aliphatic carbocycles. The van der Waals surface area contributed by atoms with Gasteiger partial charge < -0.3 is 10.6 Å². The number of carbonyl (C=O) groups is 2. The van der Waals surface area contributed by atoms with E-state index in [-0.39, 0.29) is 6.07 Å². The first kappa shape index (κ1) is 18.8. The highest BCUT2D eigenvalue weighted by Crippen LogP contribution is 2.37. The molecule has 0 aromatic heterocycles. The van der Waals surface area contributed by atoms with Gasteiger partial charge in [0.05, 0.1) is 11.1 Å². The lowest BCUT2D eigenvalue weighted by atomic mass is 10.1. The third-order valence-electron chi connectivity index (χ3n) is 2.67. The third-order valence-corrected chi connectivity index (χ3v) is 2.67. The van der Waals surface area contributed by atoms with E-state index in [1.54, 1.807) is 0 Å². The molecule has 23 heavy (non-hydrogen) atoms. The van der Waals surface area contributed by atoms with Crippen LogP contribution in [0.25, 0.3) is 0 Å². The number of hydrogen-bond donors (Lipinski definition) is 2. The maximum absolute atomic E-state index is 12.7. The van der Waals surface area contributed by atoms with E-state index in [0.717, 1.165) is 6.92 Å². The molecule has 0 aliphatic rings. The molecule has 0 bridgehead atoms. The quantitative estimate of drug-likeness (QED) is 0.829. The molecule has 128 valence electrons. The molecule has 0 heterocycles. The molecule has 4 nitrogen and oxygen atoms in total. The Bertz CT molecular complexity index is 577. The lowest BCUT2D eigenvalue weighted by Crippen LogP contribution is -2.40. The first-order chi connectivity index (χ1) is 10.3. The molecule has 1 atom stereocenters. The number of nitrogens with one attached hydrogen (secondary N) is 2. The van der Waals surface area contributed by atoms with E-state index < -0.39 is 47.0 Å². The number of rotatable bonds is 3. The number of alkyl halides is 6. The van der Waals surface area contributed by atoms with E-state index in [4.69, 9.17) is 0 Å². The van der Waals surface area contributed by atoms with Crippen LogP contribution >= 0.6 is 0 Å². The van der Waals surface area contributed by atoms with Gasteiger partial charge in [0, 0.05) is 12.6 Å². The van der Waals surface area contributed by atoms with Gasteiger partial charge >= 0.3 is 12.4 Å². The van der Waals surface area contributed by atoms with Gasteiger partial charge in [-0.05, 0) is 25.1 Å². The Morgan fingerprint density at radius 1 is 0.957 bits per heavy atom. The molecule has 1 aromatic rings. The Morgan fingerprint density at radius 3 is 1.74 bits per heavy atom. The van der Waals surface area contributed by atoms with Crippen LogP contribution in [0.5, 0.6) is 0 Å². The second-order valence-electron chi connectivity index (χ2n) is 4.71. The van der Waals surface area contributed by atoms with E-state index in [1.807, 2.05) is 5.32 Å². The average molecular weight is 342 g/mol. The number of halogens is 6. The van der Waals surface area contributed by atoms with Crippen molar-refractivity contribution >= 4 is 17.5 Å². The predicted octanol–water partition coefficient (Wildman–Crippen LogP) is 3.19. The first-order valence-corrected chi connectivity index (χ1v) is 6.18. The summed E-state index contributed by atoms with van der Waals surface area (Å²) >= 11 is 0. The zero-order valence-electron chi connectivity index (χ0n) is 11.9. The van der Waals surface area contributed by atoms with Crippen LogP contribution in [0.15, 0.2) is 18.2 Å². The molecule has 2 amide bonds. The zero-order valence-corrected chi connectivity index (χ0v) is 11.9. The first-order valence-electron chi connectivity index (χ1n) is 6.18. The van der Waals surface area contributed by atoms with Crippen molar-refractivity contribution < 1.29 is 35.9 Å². The van der Waals surface area contributed by atoms with Crippen molar-refractivity contribution in [1.82, 2.24) is 5.32 Å². The summed E-state index contributed by atoms with van der Waals surface area (Å²) in [4.78, 5) is 22.5. The van der Waals surface area contributed by atoms with Crippen molar-refractivity contribution in [3.8, 4) is 0 Å². The van der Waals surface area contributed by atoms with Crippen LogP contribution in [0.3, 0.4) is 0 Å². The fourth-order valence-corrected chi connectivity index (χ4v) is 1.65. The van der Waals surface area contributed by atoms with Gasteiger partial charge in [-0.3, -0.25) is 9.59 Å². The van der Waals surface area contributed by atoms with Gasteiger partial charge in [0.1, 0.15) is 6.04 Å². The minimum absolute atomic E-state index is 0.0487. The summed E-state index contributed by atoms with van der Waals surface area (Å²) in [5.41, 5.74) is -3.76. The highest BCUT2D eigenvalue weighted by molar-refractivity contribution is 5.96. The van der Waals surface area contributed by atoms with Crippen molar-refractivity contribution in [3.05, 3.63) is 29.3 Å². The van der Waals surface area contributed by atoms with Gasteiger partial charge in [0.2, 0.25) is 11.8 Å². The van der Waals surface area contributed by atoms with Crippen LogP contribution in [0.2, 0.25) is 0 Å². The Hall–Kier alpha value is -2.26. The predicted molar refractivity (Wildman–Crippen MR) is 68.4 cm³/mol. The molecule has 0 aliphatic heterocycles. The van der Waals surface area contributed by atoms with Gasteiger partial charge in [-0.25, -0.2) is 0 Å². The van der Waals surface area contributed by atoms with Crippen molar-refractivity contribution in [3.63, 3.8) is 0 Å². The van der Waals surface area contributed by atoms with Crippen molar-refractivity contribution in [1.29, 1.82) is 0 Å². The lowest BCUT2D eigenvalue weighted by molar-refractivity contribution is -0.143. The summed E-state index contributed by atoms with van der Waals surface area (Å²) in [5, 5.41) is 4.08. The molecular formula is C13H12F6N2O2. The summed E-state index contributed by atoms with van der Waals surface area (Å²) in [6, 6.07) is -0.412. The maximum Gasteiger partial charge on any atom is 0.416 e. The van der Waals surface area contributed by atoms with Crippen LogP contribution in [0.4, 0.5) is 32.0 Å². The Balaban J connectivity index is 3.16. The SMILES string of the molecule is CC(=O)N[C@@H](C)C(=O)Nc1cc(C(F)(F)F)cc(C(F)(F)F)c1. The van der Waals surface area contributed by atoms with Crippen LogP contribution in [0, 0.1) is 0 Å².